The molecule has 0 radical (unpaired) electrons. The molecule has 2 heterocycles. The molecule has 1 saturated heterocycles. The molecular weight excluding hydrogens is 370 g/mol. The third-order valence-corrected chi connectivity index (χ3v) is 6.90. The van der Waals surface area contributed by atoms with Crippen LogP contribution in [0.2, 0.25) is 0 Å². The number of hydrogen-bond acceptors (Lipinski definition) is 3. The van der Waals surface area contributed by atoms with Gasteiger partial charge in [-0.05, 0) is 93.1 Å². The predicted octanol–water partition coefficient (Wildman–Crippen LogP) is 4.64. The van der Waals surface area contributed by atoms with Crippen molar-refractivity contribution >= 4 is 11.6 Å². The van der Waals surface area contributed by atoms with Gasteiger partial charge in [0.05, 0.1) is 6.04 Å². The van der Waals surface area contributed by atoms with E-state index in [-0.39, 0.29) is 11.9 Å². The number of carbonyl (C=O) groups is 1. The lowest BCUT2D eigenvalue weighted by atomic mass is 9.95. The van der Waals surface area contributed by atoms with E-state index in [0.717, 1.165) is 37.2 Å². The summed E-state index contributed by atoms with van der Waals surface area (Å²) in [6.07, 6.45) is 6.16. The Hall–Kier alpha value is -2.33. The Bertz CT molecular complexity index is 901. The Morgan fingerprint density at radius 1 is 0.967 bits per heavy atom. The molecule has 0 aliphatic carbocycles. The van der Waals surface area contributed by atoms with Gasteiger partial charge in [0.25, 0.3) is 5.91 Å². The molecule has 1 N–H and O–H groups in total. The largest absolute Gasteiger partial charge is 0.374 e. The molecule has 1 atom stereocenters. The van der Waals surface area contributed by atoms with Gasteiger partial charge in [-0.2, -0.15) is 0 Å². The minimum absolute atomic E-state index is 0.0257. The number of amides is 1. The summed E-state index contributed by atoms with van der Waals surface area (Å²) in [5.74, 6) is 0.0257. The number of likely N-dealkylation sites (tertiary alicyclic amines) is 1. The van der Waals surface area contributed by atoms with Gasteiger partial charge < -0.3 is 10.2 Å². The van der Waals surface area contributed by atoms with Crippen LogP contribution in [0.15, 0.2) is 36.4 Å². The van der Waals surface area contributed by atoms with E-state index in [1.54, 1.807) is 0 Å². The number of fused-ring (bicyclic) bond motifs is 1. The summed E-state index contributed by atoms with van der Waals surface area (Å²) >= 11 is 0. The first-order valence-corrected chi connectivity index (χ1v) is 11.5. The minimum atomic E-state index is 0.0257. The average molecular weight is 406 g/mol. The summed E-state index contributed by atoms with van der Waals surface area (Å²) in [6, 6.07) is 13.2. The minimum Gasteiger partial charge on any atom is -0.374 e. The lowest BCUT2D eigenvalue weighted by Gasteiger charge is -2.36. The molecule has 0 saturated carbocycles. The van der Waals surface area contributed by atoms with Crippen LogP contribution in [-0.2, 0) is 6.42 Å². The number of anilines is 1. The van der Waals surface area contributed by atoms with Crippen LogP contribution in [0.1, 0.15) is 64.3 Å². The van der Waals surface area contributed by atoms with Crippen LogP contribution in [-0.4, -0.2) is 44.0 Å². The van der Waals surface area contributed by atoms with Crippen LogP contribution in [0.25, 0.3) is 0 Å². The van der Waals surface area contributed by atoms with E-state index in [9.17, 15) is 4.79 Å². The van der Waals surface area contributed by atoms with Gasteiger partial charge in [0, 0.05) is 31.4 Å². The Balaban J connectivity index is 1.54. The Morgan fingerprint density at radius 3 is 2.53 bits per heavy atom. The second kappa shape index (κ2) is 9.22. The summed E-state index contributed by atoms with van der Waals surface area (Å²) in [7, 11) is 2.18. The summed E-state index contributed by atoms with van der Waals surface area (Å²) in [4.78, 5) is 17.8. The molecule has 2 aliphatic heterocycles. The van der Waals surface area contributed by atoms with E-state index in [1.807, 2.05) is 18.2 Å². The second-order valence-corrected chi connectivity index (χ2v) is 9.03. The highest BCUT2D eigenvalue weighted by molar-refractivity contribution is 5.94. The van der Waals surface area contributed by atoms with E-state index >= 15 is 0 Å². The van der Waals surface area contributed by atoms with Crippen LogP contribution in [0.4, 0.5) is 5.69 Å². The molecule has 160 valence electrons. The fourth-order valence-corrected chi connectivity index (χ4v) is 4.87. The molecule has 0 bridgehead atoms. The van der Waals surface area contributed by atoms with Crippen LogP contribution < -0.4 is 10.2 Å². The number of rotatable bonds is 5. The quantitative estimate of drug-likeness (QED) is 0.787. The van der Waals surface area contributed by atoms with Crippen molar-refractivity contribution in [3.63, 3.8) is 0 Å². The first kappa shape index (κ1) is 20.9. The normalized spacial score (nSPS) is 18.0. The first-order chi connectivity index (χ1) is 14.5. The molecule has 2 aromatic carbocycles. The third-order valence-electron chi connectivity index (χ3n) is 6.90. The molecule has 4 nitrogen and oxygen atoms in total. The number of nitrogens with zero attached hydrogens (tertiary/aromatic N) is 2. The van der Waals surface area contributed by atoms with Gasteiger partial charge in [0.1, 0.15) is 0 Å². The van der Waals surface area contributed by atoms with Gasteiger partial charge >= 0.3 is 0 Å². The van der Waals surface area contributed by atoms with Gasteiger partial charge in [-0.3, -0.25) is 9.69 Å². The molecule has 0 unspecified atom stereocenters. The zero-order valence-corrected chi connectivity index (χ0v) is 18.7. The van der Waals surface area contributed by atoms with Crippen molar-refractivity contribution in [2.24, 2.45) is 0 Å². The standard InChI is InChI=1S/C26H35N3O/c1-19-9-10-23(16-20(19)2)26(30)27-18-25(29-14-5-4-6-15-29)22-11-12-24-21(17-22)8-7-13-28(24)3/h9-12,16-17,25H,4-8,13-15,18H2,1-3H3,(H,27,30)/t25-/m1/s1. The SMILES string of the molecule is Cc1ccc(C(=O)NC[C@H](c2ccc3c(c2)CCCN3C)N2CCCCC2)cc1C. The Morgan fingerprint density at radius 2 is 1.77 bits per heavy atom. The van der Waals surface area contributed by atoms with Crippen LogP contribution in [0.3, 0.4) is 0 Å². The molecule has 30 heavy (non-hydrogen) atoms. The van der Waals surface area contributed by atoms with Crippen molar-refractivity contribution in [2.75, 3.05) is 38.1 Å². The number of carbonyl (C=O) groups excluding carboxylic acids is 1. The topological polar surface area (TPSA) is 35.6 Å². The molecule has 4 heteroatoms. The van der Waals surface area contributed by atoms with E-state index in [1.165, 1.54) is 48.1 Å². The maximum atomic E-state index is 12.9. The van der Waals surface area contributed by atoms with Crippen molar-refractivity contribution in [3.05, 3.63) is 64.2 Å². The highest BCUT2D eigenvalue weighted by Crippen LogP contribution is 2.31. The van der Waals surface area contributed by atoms with E-state index < -0.39 is 0 Å². The van der Waals surface area contributed by atoms with Gasteiger partial charge in [-0.25, -0.2) is 0 Å². The summed E-state index contributed by atoms with van der Waals surface area (Å²) in [6.45, 7) is 8.15. The lowest BCUT2D eigenvalue weighted by molar-refractivity contribution is 0.0924. The van der Waals surface area contributed by atoms with Crippen molar-refractivity contribution in [1.82, 2.24) is 10.2 Å². The number of aryl methyl sites for hydroxylation is 3. The van der Waals surface area contributed by atoms with E-state index in [2.05, 4.69) is 54.2 Å². The van der Waals surface area contributed by atoms with Crippen LogP contribution >= 0.6 is 0 Å². The zero-order chi connectivity index (χ0) is 21.1. The maximum Gasteiger partial charge on any atom is 0.251 e. The molecule has 0 spiro atoms. The third kappa shape index (κ3) is 4.54. The van der Waals surface area contributed by atoms with Crippen LogP contribution in [0, 0.1) is 13.8 Å². The monoisotopic (exact) mass is 405 g/mol. The van der Waals surface area contributed by atoms with Crippen molar-refractivity contribution in [3.8, 4) is 0 Å². The second-order valence-electron chi connectivity index (χ2n) is 9.03. The van der Waals surface area contributed by atoms with Gasteiger partial charge in [0.2, 0.25) is 0 Å². The summed E-state index contributed by atoms with van der Waals surface area (Å²) in [5, 5.41) is 3.24. The van der Waals surface area contributed by atoms with Crippen molar-refractivity contribution in [2.45, 2.75) is 52.0 Å². The first-order valence-electron chi connectivity index (χ1n) is 11.5. The van der Waals surface area contributed by atoms with E-state index in [4.69, 9.17) is 0 Å². The van der Waals surface area contributed by atoms with Gasteiger partial charge in [-0.15, -0.1) is 0 Å². The van der Waals surface area contributed by atoms with Gasteiger partial charge in [0.15, 0.2) is 0 Å². The highest BCUT2D eigenvalue weighted by atomic mass is 16.1. The molecule has 1 fully saturated rings. The van der Waals surface area contributed by atoms with Crippen molar-refractivity contribution in [1.29, 1.82) is 0 Å². The van der Waals surface area contributed by atoms with Gasteiger partial charge in [-0.1, -0.05) is 24.6 Å². The summed E-state index contributed by atoms with van der Waals surface area (Å²) in [5.41, 5.74) is 7.28. The number of benzene rings is 2. The number of piperidine rings is 1. The molecule has 1 amide bonds. The smallest absolute Gasteiger partial charge is 0.251 e. The van der Waals surface area contributed by atoms with Crippen molar-refractivity contribution < 1.29 is 4.79 Å². The fraction of sp³-hybridized carbons (Fsp3) is 0.500. The maximum absolute atomic E-state index is 12.9. The molecule has 2 aliphatic rings. The predicted molar refractivity (Wildman–Crippen MR) is 124 cm³/mol. The summed E-state index contributed by atoms with van der Waals surface area (Å²) < 4.78 is 0. The molecule has 0 aromatic heterocycles. The highest BCUT2D eigenvalue weighted by Gasteiger charge is 2.25. The Labute approximate surface area is 181 Å². The number of nitrogens with one attached hydrogen (secondary N) is 1. The average Bonchev–Trinajstić information content (AvgIpc) is 2.76. The zero-order valence-electron chi connectivity index (χ0n) is 18.7. The molecular formula is C26H35N3O. The Kier molecular flexibility index (Phi) is 6.43. The fourth-order valence-electron chi connectivity index (χ4n) is 4.87. The number of hydrogen-bond donors (Lipinski definition) is 1. The van der Waals surface area contributed by atoms with E-state index in [0.29, 0.717) is 6.54 Å². The molecule has 2 aromatic rings. The molecule has 4 rings (SSSR count). The lowest BCUT2D eigenvalue weighted by Crippen LogP contribution is -2.40. The van der Waals surface area contributed by atoms with Crippen LogP contribution in [0.5, 0.6) is 0 Å².